The van der Waals surface area contributed by atoms with Gasteiger partial charge in [-0.1, -0.05) is 48.5 Å². The van der Waals surface area contributed by atoms with E-state index in [0.717, 1.165) is 16.9 Å². The number of carbonyl (C=O) groups is 2. The van der Waals surface area contributed by atoms with E-state index in [1.807, 2.05) is 54.6 Å². The second-order valence-corrected chi connectivity index (χ2v) is 8.23. The smallest absolute Gasteiger partial charge is 0.254 e. The summed E-state index contributed by atoms with van der Waals surface area (Å²) in [6.07, 6.45) is 0.282. The van der Waals surface area contributed by atoms with Crippen LogP contribution in [0.15, 0.2) is 72.8 Å². The molecule has 0 saturated carbocycles. The lowest BCUT2D eigenvalue weighted by Crippen LogP contribution is -2.50. The first kappa shape index (κ1) is 24.1. The van der Waals surface area contributed by atoms with Crippen LogP contribution < -0.4 is 14.2 Å². The van der Waals surface area contributed by atoms with E-state index in [1.165, 1.54) is 0 Å². The van der Waals surface area contributed by atoms with Gasteiger partial charge in [-0.05, 0) is 23.8 Å². The summed E-state index contributed by atoms with van der Waals surface area (Å²) in [5, 5.41) is 0. The van der Waals surface area contributed by atoms with Crippen molar-refractivity contribution in [3.8, 4) is 28.4 Å². The maximum atomic E-state index is 13.0. The minimum absolute atomic E-state index is 0.0253. The molecule has 182 valence electrons. The number of ether oxygens (including phenoxy) is 3. The van der Waals surface area contributed by atoms with Gasteiger partial charge in [0.25, 0.3) is 5.91 Å². The second kappa shape index (κ2) is 11.4. The number of rotatable bonds is 8. The van der Waals surface area contributed by atoms with Gasteiger partial charge >= 0.3 is 0 Å². The zero-order chi connectivity index (χ0) is 24.6. The molecule has 0 spiro atoms. The van der Waals surface area contributed by atoms with E-state index in [9.17, 15) is 9.59 Å². The van der Waals surface area contributed by atoms with E-state index in [1.54, 1.807) is 42.2 Å². The molecule has 0 bridgehead atoms. The van der Waals surface area contributed by atoms with Crippen molar-refractivity contribution in [3.63, 3.8) is 0 Å². The summed E-state index contributed by atoms with van der Waals surface area (Å²) in [6, 6.07) is 23.0. The van der Waals surface area contributed by atoms with Crippen molar-refractivity contribution in [2.24, 2.45) is 0 Å². The summed E-state index contributed by atoms with van der Waals surface area (Å²) in [5.74, 6) is 1.81. The fourth-order valence-electron chi connectivity index (χ4n) is 4.13. The van der Waals surface area contributed by atoms with Crippen molar-refractivity contribution in [2.45, 2.75) is 6.42 Å². The molecule has 7 nitrogen and oxygen atoms in total. The maximum Gasteiger partial charge on any atom is 0.254 e. The van der Waals surface area contributed by atoms with E-state index < -0.39 is 0 Å². The molecule has 0 unspecified atom stereocenters. The molecule has 3 aromatic rings. The van der Waals surface area contributed by atoms with Gasteiger partial charge in [0.2, 0.25) is 5.91 Å². The van der Waals surface area contributed by atoms with Gasteiger partial charge in [-0.2, -0.15) is 0 Å². The minimum Gasteiger partial charge on any atom is -0.497 e. The van der Waals surface area contributed by atoms with Crippen LogP contribution in [-0.2, 0) is 4.79 Å². The lowest BCUT2D eigenvalue weighted by molar-refractivity contribution is -0.133. The Balaban J connectivity index is 1.29. The third-order valence-electron chi connectivity index (χ3n) is 6.06. The quantitative estimate of drug-likeness (QED) is 0.491. The maximum absolute atomic E-state index is 13.0. The van der Waals surface area contributed by atoms with Gasteiger partial charge in [-0.25, -0.2) is 0 Å². The monoisotopic (exact) mass is 474 g/mol. The molecule has 35 heavy (non-hydrogen) atoms. The number of nitrogens with zero attached hydrogens (tertiary/aromatic N) is 2. The lowest BCUT2D eigenvalue weighted by Gasteiger charge is -2.35. The van der Waals surface area contributed by atoms with Crippen molar-refractivity contribution in [2.75, 3.05) is 47.0 Å². The summed E-state index contributed by atoms with van der Waals surface area (Å²) >= 11 is 0. The molecule has 1 aliphatic heterocycles. The standard InChI is InChI=1S/C28H30N2O5/c1-33-23-18-22(19-24(20-23)34-2)28(32)30-15-13-29(14-16-30)27(31)12-17-35-26-11-7-6-10-25(26)21-8-4-3-5-9-21/h3-11,18-20H,12-17H2,1-2H3. The van der Waals surface area contributed by atoms with Crippen molar-refractivity contribution in [1.82, 2.24) is 9.80 Å². The van der Waals surface area contributed by atoms with Gasteiger partial charge in [-0.15, -0.1) is 0 Å². The van der Waals surface area contributed by atoms with Gasteiger partial charge in [0, 0.05) is 43.4 Å². The molecule has 0 N–H and O–H groups in total. The van der Waals surface area contributed by atoms with Crippen LogP contribution in [-0.4, -0.2) is 68.6 Å². The van der Waals surface area contributed by atoms with Gasteiger partial charge in [0.1, 0.15) is 17.2 Å². The fraction of sp³-hybridized carbons (Fsp3) is 0.286. The van der Waals surface area contributed by atoms with Gasteiger partial charge in [0.15, 0.2) is 0 Å². The number of carbonyl (C=O) groups excluding carboxylic acids is 2. The molecule has 0 radical (unpaired) electrons. The Morgan fingerprint density at radius 3 is 2.03 bits per heavy atom. The Labute approximate surface area is 205 Å². The number of benzene rings is 3. The van der Waals surface area contributed by atoms with Crippen LogP contribution in [0.2, 0.25) is 0 Å². The topological polar surface area (TPSA) is 68.3 Å². The van der Waals surface area contributed by atoms with Crippen molar-refractivity contribution in [3.05, 3.63) is 78.4 Å². The van der Waals surface area contributed by atoms with E-state index >= 15 is 0 Å². The Hall–Kier alpha value is -4.00. The van der Waals surface area contributed by atoms with Gasteiger partial charge in [0.05, 0.1) is 27.2 Å². The molecule has 1 saturated heterocycles. The third-order valence-corrected chi connectivity index (χ3v) is 6.06. The minimum atomic E-state index is -0.102. The highest BCUT2D eigenvalue weighted by Gasteiger charge is 2.25. The summed E-state index contributed by atoms with van der Waals surface area (Å²) in [4.78, 5) is 29.3. The lowest BCUT2D eigenvalue weighted by atomic mass is 10.1. The number of piperazine rings is 1. The molecule has 3 aromatic carbocycles. The number of amides is 2. The first-order valence-corrected chi connectivity index (χ1v) is 11.7. The highest BCUT2D eigenvalue weighted by Crippen LogP contribution is 2.29. The van der Waals surface area contributed by atoms with E-state index in [4.69, 9.17) is 14.2 Å². The second-order valence-electron chi connectivity index (χ2n) is 8.23. The Bertz CT molecular complexity index is 1130. The Morgan fingerprint density at radius 1 is 0.771 bits per heavy atom. The summed E-state index contributed by atoms with van der Waals surface area (Å²) in [6.45, 7) is 2.23. The number of methoxy groups -OCH3 is 2. The van der Waals surface area contributed by atoms with Crippen LogP contribution in [0.5, 0.6) is 17.2 Å². The summed E-state index contributed by atoms with van der Waals surface area (Å²) in [5.41, 5.74) is 2.58. The van der Waals surface area contributed by atoms with Gasteiger partial charge in [-0.3, -0.25) is 9.59 Å². The number of hydrogen-bond donors (Lipinski definition) is 0. The third kappa shape index (κ3) is 5.93. The first-order valence-electron chi connectivity index (χ1n) is 11.7. The molecule has 1 aliphatic rings. The molecular formula is C28H30N2O5. The highest BCUT2D eigenvalue weighted by molar-refractivity contribution is 5.95. The predicted octanol–water partition coefficient (Wildman–Crippen LogP) is 4.12. The molecule has 0 atom stereocenters. The van der Waals surface area contributed by atoms with Crippen molar-refractivity contribution < 1.29 is 23.8 Å². The van der Waals surface area contributed by atoms with Crippen LogP contribution in [0.3, 0.4) is 0 Å². The molecule has 1 fully saturated rings. The molecular weight excluding hydrogens is 444 g/mol. The normalized spacial score (nSPS) is 13.3. The first-order chi connectivity index (χ1) is 17.1. The number of para-hydroxylation sites is 1. The van der Waals surface area contributed by atoms with Crippen LogP contribution in [0.1, 0.15) is 16.8 Å². The van der Waals surface area contributed by atoms with Crippen molar-refractivity contribution in [1.29, 1.82) is 0 Å². The molecule has 4 rings (SSSR count). The average Bonchev–Trinajstić information content (AvgIpc) is 2.93. The molecule has 7 heteroatoms. The van der Waals surface area contributed by atoms with Crippen molar-refractivity contribution >= 4 is 11.8 Å². The molecule has 1 heterocycles. The fourth-order valence-corrected chi connectivity index (χ4v) is 4.13. The van der Waals surface area contributed by atoms with Gasteiger partial charge < -0.3 is 24.0 Å². The van der Waals surface area contributed by atoms with E-state index in [-0.39, 0.29) is 18.2 Å². The largest absolute Gasteiger partial charge is 0.497 e. The molecule has 2 amide bonds. The summed E-state index contributed by atoms with van der Waals surface area (Å²) < 4.78 is 16.5. The highest BCUT2D eigenvalue weighted by atomic mass is 16.5. The van der Waals surface area contributed by atoms with E-state index in [0.29, 0.717) is 49.8 Å². The zero-order valence-electron chi connectivity index (χ0n) is 20.1. The summed E-state index contributed by atoms with van der Waals surface area (Å²) in [7, 11) is 3.11. The Morgan fingerprint density at radius 2 is 1.37 bits per heavy atom. The van der Waals surface area contributed by atoms with Crippen LogP contribution >= 0.6 is 0 Å². The zero-order valence-corrected chi connectivity index (χ0v) is 20.1. The van der Waals surface area contributed by atoms with E-state index in [2.05, 4.69) is 0 Å². The SMILES string of the molecule is COc1cc(OC)cc(C(=O)N2CCN(C(=O)CCOc3ccccc3-c3ccccc3)CC2)c1. The molecule has 0 aliphatic carbocycles. The van der Waals surface area contributed by atoms with Crippen LogP contribution in [0, 0.1) is 0 Å². The van der Waals surface area contributed by atoms with Crippen LogP contribution in [0.25, 0.3) is 11.1 Å². The Kier molecular flexibility index (Phi) is 7.88. The van der Waals surface area contributed by atoms with Crippen LogP contribution in [0.4, 0.5) is 0 Å². The predicted molar refractivity (Wildman–Crippen MR) is 134 cm³/mol. The number of hydrogen-bond acceptors (Lipinski definition) is 5. The molecule has 0 aromatic heterocycles. The average molecular weight is 475 g/mol.